The van der Waals surface area contributed by atoms with Gasteiger partial charge >= 0.3 is 0 Å². The largest absolute Gasteiger partial charge is 0.254 e. The third-order valence-electron chi connectivity index (χ3n) is 0.513. The van der Waals surface area contributed by atoms with Crippen LogP contribution in [-0.2, 0) is 0 Å². The molecule has 0 aliphatic carbocycles. The summed E-state index contributed by atoms with van der Waals surface area (Å²) in [5.41, 5.74) is 0. The number of rotatable bonds is 1. The third-order valence-corrected chi connectivity index (χ3v) is 2.92. The Kier molecular flexibility index (Phi) is 1.84. The van der Waals surface area contributed by atoms with E-state index in [9.17, 15) is 0 Å². The number of hydrogen-bond acceptors (Lipinski definition) is 2. The summed E-state index contributed by atoms with van der Waals surface area (Å²) in [6.45, 7) is 0. The molecule has 1 nitrogen and oxygen atoms in total. The summed E-state index contributed by atoms with van der Waals surface area (Å²) in [7, 11) is 0.334. The van der Waals surface area contributed by atoms with Gasteiger partial charge in [-0.3, -0.25) is 4.98 Å². The highest BCUT2D eigenvalue weighted by Gasteiger charge is 1.89. The van der Waals surface area contributed by atoms with Crippen molar-refractivity contribution in [1.29, 1.82) is 0 Å². The van der Waals surface area contributed by atoms with Crippen LogP contribution in [0.4, 0.5) is 0 Å². The maximum atomic E-state index is 5.44. The van der Waals surface area contributed by atoms with Gasteiger partial charge in [-0.1, -0.05) is 0 Å². The van der Waals surface area contributed by atoms with Crippen molar-refractivity contribution in [3.8, 4) is 0 Å². The molecule has 0 aliphatic heterocycles. The van der Waals surface area contributed by atoms with Gasteiger partial charge in [0.2, 0.25) is 8.83 Å². The molecule has 2 radical (unpaired) electrons. The molecule has 0 aliphatic rings. The minimum absolute atomic E-state index is 0.334. The quantitative estimate of drug-likeness (QED) is 0.420. The van der Waals surface area contributed by atoms with Gasteiger partial charge in [-0.25, -0.2) is 0 Å². The van der Waals surface area contributed by atoms with E-state index < -0.39 is 0 Å². The van der Waals surface area contributed by atoms with Gasteiger partial charge in [-0.15, -0.1) is 11.3 Å². The van der Waals surface area contributed by atoms with Crippen molar-refractivity contribution in [3.63, 3.8) is 0 Å². The zero-order chi connectivity index (χ0) is 5.11. The predicted molar refractivity (Wildman–Crippen MR) is 33.4 cm³/mol. The predicted octanol–water partition coefficient (Wildman–Crippen LogP) is 0.626. The Morgan fingerprint density at radius 3 is 3.00 bits per heavy atom. The monoisotopic (exact) mass is 147 g/mol. The fourth-order valence-corrected chi connectivity index (χ4v) is 1.70. The molecule has 4 heteroatoms. The molecule has 0 amide bonds. The molecular weight excluding hydrogens is 146 g/mol. The molecule has 0 bridgehead atoms. The van der Waals surface area contributed by atoms with Gasteiger partial charge in [0.15, 0.2) is 0 Å². The van der Waals surface area contributed by atoms with Crippen LogP contribution < -0.4 is 4.63 Å². The average Bonchev–Trinajstić information content (AvgIpc) is 2.14. The van der Waals surface area contributed by atoms with Crippen molar-refractivity contribution in [2.24, 2.45) is 0 Å². The summed E-state index contributed by atoms with van der Waals surface area (Å²) in [6.07, 6.45) is 1.76. The Balaban J connectivity index is 2.76. The lowest BCUT2D eigenvalue weighted by Gasteiger charge is -1.72. The van der Waals surface area contributed by atoms with Crippen molar-refractivity contribution < 1.29 is 0 Å². The van der Waals surface area contributed by atoms with Crippen LogP contribution in [0.15, 0.2) is 11.6 Å². The molecule has 1 rings (SSSR count). The van der Waals surface area contributed by atoms with Crippen LogP contribution in [0, 0.1) is 0 Å². The fourth-order valence-electron chi connectivity index (χ4n) is 0.270. The standard InChI is InChI=1S/C3H2ClNSSi/c4-7-3-5-1-2-6-3/h1-2H. The molecule has 0 saturated heterocycles. The minimum Gasteiger partial charge on any atom is -0.254 e. The number of thiazole rings is 1. The Hall–Kier alpha value is 0.137. The van der Waals surface area contributed by atoms with Crippen LogP contribution >= 0.6 is 22.4 Å². The first kappa shape index (κ1) is 5.28. The molecule has 0 spiro atoms. The van der Waals surface area contributed by atoms with Gasteiger partial charge in [0.1, 0.15) is 0 Å². The maximum absolute atomic E-state index is 5.44. The van der Waals surface area contributed by atoms with E-state index in [1.807, 2.05) is 5.38 Å². The zero-order valence-corrected chi connectivity index (χ0v) is 5.96. The zero-order valence-electron chi connectivity index (χ0n) is 3.39. The highest BCUT2D eigenvalue weighted by molar-refractivity contribution is 7.25. The highest BCUT2D eigenvalue weighted by Crippen LogP contribution is 1.86. The molecule has 36 valence electrons. The summed E-state index contributed by atoms with van der Waals surface area (Å²) in [4.78, 5) is 3.93. The first-order chi connectivity index (χ1) is 3.43. The molecular formula is C3H2ClNSSi. The molecule has 0 unspecified atom stereocenters. The summed E-state index contributed by atoms with van der Waals surface area (Å²) in [6, 6.07) is 0. The second-order valence-electron chi connectivity index (χ2n) is 0.932. The van der Waals surface area contributed by atoms with E-state index in [0.29, 0.717) is 8.83 Å². The van der Waals surface area contributed by atoms with E-state index in [-0.39, 0.29) is 0 Å². The second kappa shape index (κ2) is 2.45. The summed E-state index contributed by atoms with van der Waals surface area (Å²) >= 11 is 7.04. The minimum atomic E-state index is 0.334. The normalized spacial score (nSPS) is 9.29. The molecule has 1 aromatic rings. The van der Waals surface area contributed by atoms with E-state index in [1.54, 1.807) is 17.5 Å². The molecule has 1 aromatic heterocycles. The lowest BCUT2D eigenvalue weighted by atomic mass is 11.0. The highest BCUT2D eigenvalue weighted by atomic mass is 35.6. The average molecular weight is 148 g/mol. The first-order valence-electron chi connectivity index (χ1n) is 1.69. The van der Waals surface area contributed by atoms with E-state index in [1.165, 1.54) is 0 Å². The maximum Gasteiger partial charge on any atom is 0.249 e. The fraction of sp³-hybridized carbons (Fsp3) is 0. The van der Waals surface area contributed by atoms with Gasteiger partial charge in [0.25, 0.3) is 0 Å². The van der Waals surface area contributed by atoms with Crippen molar-refractivity contribution in [3.05, 3.63) is 11.6 Å². The van der Waals surface area contributed by atoms with Gasteiger partial charge < -0.3 is 0 Å². The summed E-state index contributed by atoms with van der Waals surface area (Å²) < 4.78 is 1.02. The van der Waals surface area contributed by atoms with E-state index >= 15 is 0 Å². The van der Waals surface area contributed by atoms with Crippen molar-refractivity contribution in [1.82, 2.24) is 4.98 Å². The van der Waals surface area contributed by atoms with Gasteiger partial charge in [-0.2, -0.15) is 11.1 Å². The molecule has 0 aromatic carbocycles. The van der Waals surface area contributed by atoms with E-state index in [4.69, 9.17) is 11.1 Å². The van der Waals surface area contributed by atoms with Crippen LogP contribution in [0.5, 0.6) is 0 Å². The van der Waals surface area contributed by atoms with E-state index in [0.717, 1.165) is 4.63 Å². The third kappa shape index (κ3) is 1.26. The Morgan fingerprint density at radius 1 is 1.86 bits per heavy atom. The molecule has 0 N–H and O–H groups in total. The molecule has 1 heterocycles. The molecule has 0 fully saturated rings. The first-order valence-corrected chi connectivity index (χ1v) is 4.59. The lowest BCUT2D eigenvalue weighted by molar-refractivity contribution is 1.47. The van der Waals surface area contributed by atoms with Crippen molar-refractivity contribution in [2.75, 3.05) is 0 Å². The van der Waals surface area contributed by atoms with Crippen LogP contribution in [0.25, 0.3) is 0 Å². The topological polar surface area (TPSA) is 12.9 Å². The summed E-state index contributed by atoms with van der Waals surface area (Å²) in [5, 5.41) is 1.92. The Morgan fingerprint density at radius 2 is 2.71 bits per heavy atom. The van der Waals surface area contributed by atoms with Gasteiger partial charge in [-0.05, 0) is 0 Å². The number of hydrogen-bond donors (Lipinski definition) is 0. The Bertz CT molecular complexity index is 129. The van der Waals surface area contributed by atoms with Gasteiger partial charge in [0.05, 0.1) is 4.63 Å². The number of halogens is 1. The molecule has 0 saturated carbocycles. The smallest absolute Gasteiger partial charge is 0.249 e. The number of nitrogens with zero attached hydrogens (tertiary/aromatic N) is 1. The van der Waals surface area contributed by atoms with Gasteiger partial charge in [0, 0.05) is 11.6 Å². The number of aromatic nitrogens is 1. The van der Waals surface area contributed by atoms with Crippen LogP contribution in [0.1, 0.15) is 0 Å². The van der Waals surface area contributed by atoms with Crippen LogP contribution in [0.2, 0.25) is 0 Å². The lowest BCUT2D eigenvalue weighted by Crippen LogP contribution is -2.04. The van der Waals surface area contributed by atoms with Crippen molar-refractivity contribution >= 4 is 35.9 Å². The molecule has 7 heavy (non-hydrogen) atoms. The van der Waals surface area contributed by atoms with Crippen LogP contribution in [-0.4, -0.2) is 13.8 Å². The van der Waals surface area contributed by atoms with E-state index in [2.05, 4.69) is 4.98 Å². The van der Waals surface area contributed by atoms with Crippen molar-refractivity contribution in [2.45, 2.75) is 0 Å². The summed E-state index contributed by atoms with van der Waals surface area (Å²) in [5.74, 6) is 0. The van der Waals surface area contributed by atoms with Crippen LogP contribution in [0.3, 0.4) is 0 Å². The SMILES string of the molecule is Cl[Si]c1nccs1. The molecule has 0 atom stereocenters. The Labute approximate surface area is 52.9 Å². The second-order valence-corrected chi connectivity index (χ2v) is 3.42.